The molecule has 0 aliphatic heterocycles. The third-order valence-corrected chi connectivity index (χ3v) is 2.62. The van der Waals surface area contributed by atoms with Gasteiger partial charge in [0, 0.05) is 0 Å². The van der Waals surface area contributed by atoms with Gasteiger partial charge in [0.2, 0.25) is 0 Å². The highest BCUT2D eigenvalue weighted by molar-refractivity contribution is 5.17. The predicted octanol–water partition coefficient (Wildman–Crippen LogP) is 5.91. The Kier molecular flexibility index (Phi) is 11.8. The van der Waals surface area contributed by atoms with Crippen LogP contribution in [0.15, 0.2) is 60.7 Å². The van der Waals surface area contributed by atoms with Crippen molar-refractivity contribution in [3.05, 3.63) is 71.8 Å². The van der Waals surface area contributed by atoms with E-state index in [2.05, 4.69) is 60.7 Å². The first-order valence-electron chi connectivity index (χ1n) is 7.53. The van der Waals surface area contributed by atoms with Gasteiger partial charge < -0.3 is 0 Å². The van der Waals surface area contributed by atoms with Crippen molar-refractivity contribution in [2.75, 3.05) is 0 Å². The molecule has 0 amide bonds. The van der Waals surface area contributed by atoms with Crippen molar-refractivity contribution in [1.29, 1.82) is 0 Å². The van der Waals surface area contributed by atoms with E-state index in [0.29, 0.717) is 0 Å². The molecule has 0 bridgehead atoms. The molecule has 2 aromatic rings. The van der Waals surface area contributed by atoms with Crippen LogP contribution in [0.25, 0.3) is 0 Å². The molecular weight excluding hydrogens is 228 g/mol. The van der Waals surface area contributed by atoms with Crippen molar-refractivity contribution >= 4 is 0 Å². The number of hydrogen-bond acceptors (Lipinski definition) is 0. The smallest absolute Gasteiger partial charge is 0.0276 e. The van der Waals surface area contributed by atoms with Gasteiger partial charge in [-0.15, -0.1) is 0 Å². The first-order valence-corrected chi connectivity index (χ1v) is 7.53. The summed E-state index contributed by atoms with van der Waals surface area (Å²) in [5.41, 5.74) is 2.88. The molecule has 0 saturated carbocycles. The highest BCUT2D eigenvalue weighted by atomic mass is 14.0. The molecule has 19 heavy (non-hydrogen) atoms. The first-order chi connectivity index (χ1) is 9.45. The SMILES string of the molecule is CC.CC.c1ccc(CCCc2ccccc2)cc1. The molecule has 0 atom stereocenters. The van der Waals surface area contributed by atoms with Crippen molar-refractivity contribution < 1.29 is 0 Å². The Labute approximate surface area is 119 Å². The maximum atomic E-state index is 2.20. The minimum absolute atomic E-state index is 1.18. The fourth-order valence-electron chi connectivity index (χ4n) is 1.79. The van der Waals surface area contributed by atoms with E-state index in [1.807, 2.05) is 27.7 Å². The molecule has 0 heteroatoms. The summed E-state index contributed by atoms with van der Waals surface area (Å²) in [5, 5.41) is 0. The molecule has 2 rings (SSSR count). The van der Waals surface area contributed by atoms with Crippen LogP contribution in [0, 0.1) is 0 Å². The van der Waals surface area contributed by atoms with Gasteiger partial charge in [-0.05, 0) is 30.4 Å². The lowest BCUT2D eigenvalue weighted by Crippen LogP contribution is -1.89. The standard InChI is InChI=1S/C15H16.2C2H6/c1-3-8-14(9-4-1)12-7-13-15-10-5-2-6-11-15;2*1-2/h1-6,8-11H,7,12-13H2;2*1-2H3. The Balaban J connectivity index is 0.000000741. The van der Waals surface area contributed by atoms with Crippen LogP contribution in [0.2, 0.25) is 0 Å². The van der Waals surface area contributed by atoms with E-state index >= 15 is 0 Å². The third-order valence-electron chi connectivity index (χ3n) is 2.62. The van der Waals surface area contributed by atoms with Crippen molar-refractivity contribution in [3.63, 3.8) is 0 Å². The Hall–Kier alpha value is -1.56. The molecule has 0 aliphatic carbocycles. The summed E-state index contributed by atoms with van der Waals surface area (Å²) in [6.07, 6.45) is 3.58. The summed E-state index contributed by atoms with van der Waals surface area (Å²) in [6.45, 7) is 8.00. The maximum absolute atomic E-state index is 2.20. The molecule has 104 valence electrons. The predicted molar refractivity (Wildman–Crippen MR) is 87.6 cm³/mol. The zero-order chi connectivity index (χ0) is 14.3. The highest BCUT2D eigenvalue weighted by Gasteiger charge is 1.93. The van der Waals surface area contributed by atoms with Crippen molar-refractivity contribution in [1.82, 2.24) is 0 Å². The molecule has 0 spiro atoms. The fraction of sp³-hybridized carbons (Fsp3) is 0.368. The summed E-state index contributed by atoms with van der Waals surface area (Å²) < 4.78 is 0. The van der Waals surface area contributed by atoms with E-state index in [0.717, 1.165) is 0 Å². The van der Waals surface area contributed by atoms with Crippen molar-refractivity contribution in [2.45, 2.75) is 47.0 Å². The minimum atomic E-state index is 1.18. The topological polar surface area (TPSA) is 0 Å². The van der Waals surface area contributed by atoms with Crippen LogP contribution in [-0.4, -0.2) is 0 Å². The van der Waals surface area contributed by atoms with E-state index in [9.17, 15) is 0 Å². The zero-order valence-electron chi connectivity index (χ0n) is 12.9. The molecule has 0 unspecified atom stereocenters. The lowest BCUT2D eigenvalue weighted by atomic mass is 10.0. The Morgan fingerprint density at radius 1 is 0.526 bits per heavy atom. The average molecular weight is 256 g/mol. The lowest BCUT2D eigenvalue weighted by Gasteiger charge is -2.01. The van der Waals surface area contributed by atoms with Gasteiger partial charge in [0.05, 0.1) is 0 Å². The summed E-state index contributed by atoms with van der Waals surface area (Å²) in [7, 11) is 0. The summed E-state index contributed by atoms with van der Waals surface area (Å²) >= 11 is 0. The second kappa shape index (κ2) is 12.9. The Morgan fingerprint density at radius 2 is 0.842 bits per heavy atom. The number of benzene rings is 2. The zero-order valence-corrected chi connectivity index (χ0v) is 12.9. The average Bonchev–Trinajstić information content (AvgIpc) is 2.53. The van der Waals surface area contributed by atoms with Gasteiger partial charge in [-0.25, -0.2) is 0 Å². The Morgan fingerprint density at radius 3 is 1.16 bits per heavy atom. The molecule has 0 nitrogen and oxygen atoms in total. The minimum Gasteiger partial charge on any atom is -0.0683 e. The van der Waals surface area contributed by atoms with Crippen molar-refractivity contribution in [3.8, 4) is 0 Å². The van der Waals surface area contributed by atoms with Gasteiger partial charge in [-0.1, -0.05) is 88.4 Å². The van der Waals surface area contributed by atoms with Crippen LogP contribution < -0.4 is 0 Å². The van der Waals surface area contributed by atoms with Gasteiger partial charge in [-0.3, -0.25) is 0 Å². The van der Waals surface area contributed by atoms with Gasteiger partial charge >= 0.3 is 0 Å². The van der Waals surface area contributed by atoms with Crippen LogP contribution in [-0.2, 0) is 12.8 Å². The van der Waals surface area contributed by atoms with Crippen LogP contribution >= 0.6 is 0 Å². The second-order valence-electron chi connectivity index (χ2n) is 3.82. The molecule has 0 heterocycles. The van der Waals surface area contributed by atoms with Gasteiger partial charge in [-0.2, -0.15) is 0 Å². The molecule has 0 aliphatic rings. The first kappa shape index (κ1) is 17.4. The molecule has 0 aromatic heterocycles. The molecule has 0 saturated heterocycles. The van der Waals surface area contributed by atoms with Crippen molar-refractivity contribution in [2.24, 2.45) is 0 Å². The number of hydrogen-bond donors (Lipinski definition) is 0. The van der Waals surface area contributed by atoms with E-state index in [1.54, 1.807) is 0 Å². The summed E-state index contributed by atoms with van der Waals surface area (Å²) in [4.78, 5) is 0. The quantitative estimate of drug-likeness (QED) is 0.637. The molecule has 2 aromatic carbocycles. The summed E-state index contributed by atoms with van der Waals surface area (Å²) in [6, 6.07) is 21.4. The van der Waals surface area contributed by atoms with Gasteiger partial charge in [0.15, 0.2) is 0 Å². The van der Waals surface area contributed by atoms with Crippen LogP contribution in [0.3, 0.4) is 0 Å². The molecule has 0 radical (unpaired) electrons. The molecule has 0 N–H and O–H groups in total. The normalized spacial score (nSPS) is 8.63. The van der Waals surface area contributed by atoms with E-state index in [1.165, 1.54) is 30.4 Å². The van der Waals surface area contributed by atoms with Crippen LogP contribution in [0.4, 0.5) is 0 Å². The fourth-order valence-corrected chi connectivity index (χ4v) is 1.79. The number of aryl methyl sites for hydroxylation is 2. The van der Waals surface area contributed by atoms with Crippen LogP contribution in [0.5, 0.6) is 0 Å². The van der Waals surface area contributed by atoms with Gasteiger partial charge in [0.1, 0.15) is 0 Å². The van der Waals surface area contributed by atoms with E-state index in [4.69, 9.17) is 0 Å². The second-order valence-corrected chi connectivity index (χ2v) is 3.82. The lowest BCUT2D eigenvalue weighted by molar-refractivity contribution is 0.821. The van der Waals surface area contributed by atoms with Crippen LogP contribution in [0.1, 0.15) is 45.2 Å². The largest absolute Gasteiger partial charge is 0.0683 e. The number of rotatable bonds is 4. The third kappa shape index (κ3) is 8.20. The Bertz CT molecular complexity index is 336. The van der Waals surface area contributed by atoms with E-state index in [-0.39, 0.29) is 0 Å². The highest BCUT2D eigenvalue weighted by Crippen LogP contribution is 2.07. The maximum Gasteiger partial charge on any atom is -0.0276 e. The van der Waals surface area contributed by atoms with E-state index < -0.39 is 0 Å². The molecule has 0 fully saturated rings. The molecular formula is C19H28. The monoisotopic (exact) mass is 256 g/mol. The summed E-state index contributed by atoms with van der Waals surface area (Å²) in [5.74, 6) is 0. The van der Waals surface area contributed by atoms with Gasteiger partial charge in [0.25, 0.3) is 0 Å².